The fourth-order valence-corrected chi connectivity index (χ4v) is 2.89. The zero-order chi connectivity index (χ0) is 11.9. The molecular formula is C10H22ClNO2S. The highest BCUT2D eigenvalue weighted by Crippen LogP contribution is 2.08. The van der Waals surface area contributed by atoms with Gasteiger partial charge in [0.1, 0.15) is 0 Å². The predicted octanol–water partition coefficient (Wildman–Crippen LogP) is 2.36. The Kier molecular flexibility index (Phi) is 7.57. The van der Waals surface area contributed by atoms with Crippen LogP contribution in [-0.2, 0) is 10.0 Å². The third kappa shape index (κ3) is 7.14. The molecule has 0 amide bonds. The van der Waals surface area contributed by atoms with Gasteiger partial charge in [0.25, 0.3) is 0 Å². The molecule has 0 spiro atoms. The van der Waals surface area contributed by atoms with Gasteiger partial charge in [-0.15, -0.1) is 11.6 Å². The molecule has 0 aromatic heterocycles. The Morgan fingerprint density at radius 3 is 2.33 bits per heavy atom. The van der Waals surface area contributed by atoms with Crippen molar-refractivity contribution in [2.45, 2.75) is 46.1 Å². The van der Waals surface area contributed by atoms with Crippen LogP contribution in [0.3, 0.4) is 0 Å². The first kappa shape index (κ1) is 15.2. The summed E-state index contributed by atoms with van der Waals surface area (Å²) in [6.07, 6.45) is 2.36. The molecule has 0 rings (SSSR count). The standard InChI is InChI=1S/C10H22ClNO2S/c1-4-9(2)10(3)12-15(13,14)8-6-5-7-11/h9-10,12H,4-8H2,1-3H3. The summed E-state index contributed by atoms with van der Waals surface area (Å²) < 4.78 is 25.9. The van der Waals surface area contributed by atoms with Crippen LogP contribution in [0.25, 0.3) is 0 Å². The Morgan fingerprint density at radius 1 is 1.27 bits per heavy atom. The summed E-state index contributed by atoms with van der Waals surface area (Å²) in [5.74, 6) is 1.07. The van der Waals surface area contributed by atoms with E-state index in [2.05, 4.69) is 11.6 Å². The predicted molar refractivity (Wildman–Crippen MR) is 65.8 cm³/mol. The molecule has 0 aliphatic carbocycles. The summed E-state index contributed by atoms with van der Waals surface area (Å²) in [5.41, 5.74) is 0. The summed E-state index contributed by atoms with van der Waals surface area (Å²) in [4.78, 5) is 0. The van der Waals surface area contributed by atoms with E-state index in [1.54, 1.807) is 0 Å². The van der Waals surface area contributed by atoms with Crippen LogP contribution in [0.5, 0.6) is 0 Å². The quantitative estimate of drug-likeness (QED) is 0.535. The van der Waals surface area contributed by atoms with Crippen LogP contribution in [0, 0.1) is 5.92 Å². The molecule has 5 heteroatoms. The molecule has 92 valence electrons. The molecule has 0 aliphatic rings. The number of hydrogen-bond donors (Lipinski definition) is 1. The van der Waals surface area contributed by atoms with Gasteiger partial charge in [-0.25, -0.2) is 13.1 Å². The van der Waals surface area contributed by atoms with E-state index in [0.29, 0.717) is 18.2 Å². The van der Waals surface area contributed by atoms with E-state index in [0.717, 1.165) is 12.8 Å². The van der Waals surface area contributed by atoms with Crippen LogP contribution in [0.1, 0.15) is 40.0 Å². The van der Waals surface area contributed by atoms with Crippen molar-refractivity contribution < 1.29 is 8.42 Å². The monoisotopic (exact) mass is 255 g/mol. The molecule has 0 fully saturated rings. The lowest BCUT2D eigenvalue weighted by Crippen LogP contribution is -2.38. The fourth-order valence-electron chi connectivity index (χ4n) is 1.20. The van der Waals surface area contributed by atoms with Crippen molar-refractivity contribution in [3.63, 3.8) is 0 Å². The van der Waals surface area contributed by atoms with Crippen LogP contribution < -0.4 is 4.72 Å². The zero-order valence-electron chi connectivity index (χ0n) is 9.79. The molecule has 0 aromatic rings. The van der Waals surface area contributed by atoms with Crippen molar-refractivity contribution in [1.29, 1.82) is 0 Å². The SMILES string of the molecule is CCC(C)C(C)NS(=O)(=O)CCCCCl. The minimum atomic E-state index is -3.12. The maximum atomic E-state index is 11.6. The molecular weight excluding hydrogens is 234 g/mol. The number of rotatable bonds is 8. The van der Waals surface area contributed by atoms with E-state index >= 15 is 0 Å². The third-order valence-electron chi connectivity index (χ3n) is 2.66. The zero-order valence-corrected chi connectivity index (χ0v) is 11.4. The van der Waals surface area contributed by atoms with Gasteiger partial charge in [-0.2, -0.15) is 0 Å². The van der Waals surface area contributed by atoms with Gasteiger partial charge in [0.05, 0.1) is 5.75 Å². The molecule has 0 saturated carbocycles. The van der Waals surface area contributed by atoms with Gasteiger partial charge >= 0.3 is 0 Å². The Morgan fingerprint density at radius 2 is 1.87 bits per heavy atom. The first-order valence-electron chi connectivity index (χ1n) is 5.49. The molecule has 2 unspecified atom stereocenters. The van der Waals surface area contributed by atoms with Crippen molar-refractivity contribution in [3.05, 3.63) is 0 Å². The van der Waals surface area contributed by atoms with Crippen LogP contribution >= 0.6 is 11.6 Å². The van der Waals surface area contributed by atoms with Gasteiger partial charge in [0, 0.05) is 11.9 Å². The van der Waals surface area contributed by atoms with Crippen molar-refractivity contribution in [1.82, 2.24) is 4.72 Å². The van der Waals surface area contributed by atoms with Crippen LogP contribution in [0.15, 0.2) is 0 Å². The summed E-state index contributed by atoms with van der Waals surface area (Å²) in [7, 11) is -3.12. The lowest BCUT2D eigenvalue weighted by molar-refractivity contribution is 0.433. The van der Waals surface area contributed by atoms with Gasteiger partial charge in [-0.1, -0.05) is 20.3 Å². The van der Waals surface area contributed by atoms with E-state index in [-0.39, 0.29) is 11.8 Å². The second kappa shape index (κ2) is 7.47. The average molecular weight is 256 g/mol. The van der Waals surface area contributed by atoms with Gasteiger partial charge in [-0.05, 0) is 25.7 Å². The van der Waals surface area contributed by atoms with Gasteiger partial charge in [0.2, 0.25) is 10.0 Å². The number of nitrogens with one attached hydrogen (secondary N) is 1. The smallest absolute Gasteiger partial charge is 0.211 e. The lowest BCUT2D eigenvalue weighted by atomic mass is 10.0. The summed E-state index contributed by atoms with van der Waals surface area (Å²) in [5, 5.41) is 0. The Labute approximate surface area is 98.6 Å². The van der Waals surface area contributed by atoms with Crippen molar-refractivity contribution in [2.24, 2.45) is 5.92 Å². The molecule has 1 N–H and O–H groups in total. The molecule has 0 heterocycles. The number of unbranched alkanes of at least 4 members (excludes halogenated alkanes) is 1. The average Bonchev–Trinajstić information content (AvgIpc) is 2.16. The molecule has 3 nitrogen and oxygen atoms in total. The summed E-state index contributed by atoms with van der Waals surface area (Å²) >= 11 is 5.49. The van der Waals surface area contributed by atoms with Crippen molar-refractivity contribution in [3.8, 4) is 0 Å². The van der Waals surface area contributed by atoms with E-state index in [1.165, 1.54) is 0 Å². The molecule has 0 aliphatic heterocycles. The summed E-state index contributed by atoms with van der Waals surface area (Å²) in [6.45, 7) is 6.02. The Balaban J connectivity index is 4.02. The lowest BCUT2D eigenvalue weighted by Gasteiger charge is -2.19. The van der Waals surface area contributed by atoms with Crippen LogP contribution in [0.4, 0.5) is 0 Å². The minimum Gasteiger partial charge on any atom is -0.212 e. The first-order valence-corrected chi connectivity index (χ1v) is 7.67. The molecule has 0 saturated heterocycles. The third-order valence-corrected chi connectivity index (χ3v) is 4.48. The highest BCUT2D eigenvalue weighted by Gasteiger charge is 2.17. The van der Waals surface area contributed by atoms with Gasteiger partial charge in [0.15, 0.2) is 0 Å². The normalized spacial score (nSPS) is 16.3. The van der Waals surface area contributed by atoms with Gasteiger partial charge < -0.3 is 0 Å². The van der Waals surface area contributed by atoms with Crippen LogP contribution in [-0.4, -0.2) is 26.1 Å². The first-order chi connectivity index (χ1) is 6.93. The van der Waals surface area contributed by atoms with E-state index < -0.39 is 10.0 Å². The largest absolute Gasteiger partial charge is 0.212 e. The highest BCUT2D eigenvalue weighted by atomic mass is 35.5. The molecule has 15 heavy (non-hydrogen) atoms. The molecule has 2 atom stereocenters. The maximum absolute atomic E-state index is 11.6. The highest BCUT2D eigenvalue weighted by molar-refractivity contribution is 7.89. The van der Waals surface area contributed by atoms with E-state index in [1.807, 2.05) is 13.8 Å². The van der Waals surface area contributed by atoms with Crippen LogP contribution in [0.2, 0.25) is 0 Å². The Hall–Kier alpha value is 0.200. The second-order valence-corrected chi connectivity index (χ2v) is 6.26. The van der Waals surface area contributed by atoms with Gasteiger partial charge in [-0.3, -0.25) is 0 Å². The summed E-state index contributed by atoms with van der Waals surface area (Å²) in [6, 6.07) is 0.0102. The molecule has 0 radical (unpaired) electrons. The van der Waals surface area contributed by atoms with E-state index in [4.69, 9.17) is 11.6 Å². The molecule has 0 bridgehead atoms. The van der Waals surface area contributed by atoms with Crippen molar-refractivity contribution in [2.75, 3.05) is 11.6 Å². The minimum absolute atomic E-state index is 0.0102. The number of sulfonamides is 1. The Bertz CT molecular complexity index is 254. The van der Waals surface area contributed by atoms with E-state index in [9.17, 15) is 8.42 Å². The van der Waals surface area contributed by atoms with Crippen molar-refractivity contribution >= 4 is 21.6 Å². The number of alkyl halides is 1. The maximum Gasteiger partial charge on any atom is 0.211 e. The molecule has 0 aromatic carbocycles. The fraction of sp³-hybridized carbons (Fsp3) is 1.00. The second-order valence-electron chi connectivity index (χ2n) is 4.01. The topological polar surface area (TPSA) is 46.2 Å². The number of halogens is 1. The number of hydrogen-bond acceptors (Lipinski definition) is 2.